The number of carbonyl (C=O) groups excluding carboxylic acids is 1. The molecule has 0 radical (unpaired) electrons. The molecule has 2 aromatic rings. The highest BCUT2D eigenvalue weighted by molar-refractivity contribution is 7.85. The number of halogens is 1. The van der Waals surface area contributed by atoms with Gasteiger partial charge in [0.1, 0.15) is 5.75 Å². The van der Waals surface area contributed by atoms with Gasteiger partial charge in [-0.15, -0.1) is 0 Å². The van der Waals surface area contributed by atoms with Gasteiger partial charge in [0, 0.05) is 10.6 Å². The molecular formula is C15H15ClN2O2S. The van der Waals surface area contributed by atoms with E-state index in [1.54, 1.807) is 30.3 Å². The maximum atomic E-state index is 12.2. The maximum Gasteiger partial charge on any atom is 0.237 e. The summed E-state index contributed by atoms with van der Waals surface area (Å²) in [5, 5.41) is 3.02. The van der Waals surface area contributed by atoms with Crippen LogP contribution < -0.4 is 11.1 Å². The van der Waals surface area contributed by atoms with Gasteiger partial charge < -0.3 is 11.1 Å². The number of anilines is 2. The predicted molar refractivity (Wildman–Crippen MR) is 86.9 cm³/mol. The van der Waals surface area contributed by atoms with Gasteiger partial charge in [-0.1, -0.05) is 29.8 Å². The molecule has 0 saturated heterocycles. The zero-order valence-corrected chi connectivity index (χ0v) is 13.0. The van der Waals surface area contributed by atoms with Crippen molar-refractivity contribution in [1.82, 2.24) is 0 Å². The van der Waals surface area contributed by atoms with Crippen LogP contribution >= 0.6 is 11.6 Å². The quantitative estimate of drug-likeness (QED) is 0.850. The first-order chi connectivity index (χ1) is 9.97. The first-order valence-corrected chi connectivity index (χ1v) is 7.96. The van der Waals surface area contributed by atoms with Gasteiger partial charge in [0.05, 0.1) is 21.5 Å². The SMILES string of the molecule is Cc1ccccc1S(=O)CC(=O)Nc1cc(N)ccc1Cl. The van der Waals surface area contributed by atoms with E-state index in [1.807, 2.05) is 19.1 Å². The van der Waals surface area contributed by atoms with Gasteiger partial charge in [-0.3, -0.25) is 9.00 Å². The minimum absolute atomic E-state index is 0.129. The normalized spacial score (nSPS) is 11.9. The molecule has 2 rings (SSSR count). The summed E-state index contributed by atoms with van der Waals surface area (Å²) in [6.07, 6.45) is 0. The highest BCUT2D eigenvalue weighted by atomic mass is 35.5. The Kier molecular flexibility index (Phi) is 4.98. The average molecular weight is 323 g/mol. The van der Waals surface area contributed by atoms with Gasteiger partial charge in [-0.25, -0.2) is 0 Å². The van der Waals surface area contributed by atoms with Crippen LogP contribution in [0.5, 0.6) is 0 Å². The number of rotatable bonds is 4. The van der Waals surface area contributed by atoms with Crippen LogP contribution in [0.25, 0.3) is 0 Å². The fraction of sp³-hybridized carbons (Fsp3) is 0.133. The molecule has 0 bridgehead atoms. The molecule has 1 unspecified atom stereocenters. The molecule has 0 heterocycles. The van der Waals surface area contributed by atoms with Crippen molar-refractivity contribution in [3.63, 3.8) is 0 Å². The Morgan fingerprint density at radius 3 is 2.71 bits per heavy atom. The molecule has 1 amide bonds. The van der Waals surface area contributed by atoms with Gasteiger partial charge >= 0.3 is 0 Å². The molecule has 0 aliphatic rings. The lowest BCUT2D eigenvalue weighted by molar-refractivity contribution is -0.113. The number of nitrogens with two attached hydrogens (primary N) is 1. The molecule has 4 nitrogen and oxygen atoms in total. The average Bonchev–Trinajstić information content (AvgIpc) is 2.43. The van der Waals surface area contributed by atoms with E-state index in [9.17, 15) is 9.00 Å². The van der Waals surface area contributed by atoms with Crippen molar-refractivity contribution in [2.75, 3.05) is 16.8 Å². The van der Waals surface area contributed by atoms with E-state index in [4.69, 9.17) is 17.3 Å². The Labute approximate surface area is 130 Å². The van der Waals surface area contributed by atoms with Crippen LogP contribution in [0.15, 0.2) is 47.4 Å². The van der Waals surface area contributed by atoms with Crippen LogP contribution in [0.4, 0.5) is 11.4 Å². The third-order valence-corrected chi connectivity index (χ3v) is 4.67. The molecule has 1 atom stereocenters. The summed E-state index contributed by atoms with van der Waals surface area (Å²) >= 11 is 5.97. The fourth-order valence-electron chi connectivity index (χ4n) is 1.83. The van der Waals surface area contributed by atoms with Crippen molar-refractivity contribution in [1.29, 1.82) is 0 Å². The lowest BCUT2D eigenvalue weighted by atomic mass is 10.2. The third kappa shape index (κ3) is 4.06. The third-order valence-electron chi connectivity index (χ3n) is 2.87. The van der Waals surface area contributed by atoms with Crippen LogP contribution in [-0.4, -0.2) is 15.9 Å². The molecule has 110 valence electrons. The number of hydrogen-bond acceptors (Lipinski definition) is 3. The Bertz CT molecular complexity index is 704. The topological polar surface area (TPSA) is 72.2 Å². The van der Waals surface area contributed by atoms with Gasteiger partial charge in [0.15, 0.2) is 0 Å². The summed E-state index contributed by atoms with van der Waals surface area (Å²) in [6, 6.07) is 12.1. The second-order valence-corrected chi connectivity index (χ2v) is 6.37. The molecule has 21 heavy (non-hydrogen) atoms. The van der Waals surface area contributed by atoms with Crippen LogP contribution in [0, 0.1) is 6.92 Å². The van der Waals surface area contributed by atoms with Crippen molar-refractivity contribution >= 4 is 39.7 Å². The standard InChI is InChI=1S/C15H15ClN2O2S/c1-10-4-2-3-5-14(10)21(20)9-15(19)18-13-8-11(17)6-7-12(13)16/h2-8H,9,17H2,1H3,(H,18,19). The predicted octanol–water partition coefficient (Wildman–Crippen LogP) is 2.98. The first kappa shape index (κ1) is 15.5. The minimum atomic E-state index is -1.40. The van der Waals surface area contributed by atoms with Crippen LogP contribution in [0.1, 0.15) is 5.56 Å². The zero-order chi connectivity index (χ0) is 15.4. The molecule has 0 fully saturated rings. The molecular weight excluding hydrogens is 308 g/mol. The maximum absolute atomic E-state index is 12.2. The molecule has 0 aliphatic heterocycles. The van der Waals surface area contributed by atoms with Crippen molar-refractivity contribution in [3.8, 4) is 0 Å². The summed E-state index contributed by atoms with van der Waals surface area (Å²) in [4.78, 5) is 12.6. The number of carbonyl (C=O) groups is 1. The number of nitrogen functional groups attached to an aromatic ring is 1. The summed E-state index contributed by atoms with van der Waals surface area (Å²) in [5.74, 6) is -0.500. The fourth-order valence-corrected chi connectivity index (χ4v) is 3.12. The number of aryl methyl sites for hydroxylation is 1. The summed E-state index contributed by atoms with van der Waals surface area (Å²) < 4.78 is 12.2. The number of hydrogen-bond donors (Lipinski definition) is 2. The minimum Gasteiger partial charge on any atom is -0.399 e. The van der Waals surface area contributed by atoms with Crippen LogP contribution in [0.2, 0.25) is 5.02 Å². The van der Waals surface area contributed by atoms with E-state index >= 15 is 0 Å². The summed E-state index contributed by atoms with van der Waals surface area (Å²) in [6.45, 7) is 1.86. The second-order valence-electron chi connectivity index (χ2n) is 4.54. The lowest BCUT2D eigenvalue weighted by Gasteiger charge is -2.09. The first-order valence-electron chi connectivity index (χ1n) is 6.26. The molecule has 2 aromatic carbocycles. The van der Waals surface area contributed by atoms with E-state index in [2.05, 4.69) is 5.32 Å². The van der Waals surface area contributed by atoms with E-state index in [1.165, 1.54) is 0 Å². The van der Waals surface area contributed by atoms with Gasteiger partial charge in [0.2, 0.25) is 5.91 Å². The number of benzene rings is 2. The van der Waals surface area contributed by atoms with Crippen molar-refractivity contribution in [2.45, 2.75) is 11.8 Å². The van der Waals surface area contributed by atoms with E-state index < -0.39 is 10.8 Å². The highest BCUT2D eigenvalue weighted by Crippen LogP contribution is 2.24. The number of amides is 1. The van der Waals surface area contributed by atoms with Crippen molar-refractivity contribution in [3.05, 3.63) is 53.1 Å². The van der Waals surface area contributed by atoms with Gasteiger partial charge in [0.25, 0.3) is 0 Å². The Morgan fingerprint density at radius 1 is 1.29 bits per heavy atom. The lowest BCUT2D eigenvalue weighted by Crippen LogP contribution is -2.20. The van der Waals surface area contributed by atoms with Crippen LogP contribution in [0.3, 0.4) is 0 Å². The Balaban J connectivity index is 2.07. The molecule has 0 saturated carbocycles. The molecule has 0 spiro atoms. The zero-order valence-electron chi connectivity index (χ0n) is 11.4. The molecule has 0 aliphatic carbocycles. The van der Waals surface area contributed by atoms with E-state index in [-0.39, 0.29) is 11.7 Å². The monoisotopic (exact) mass is 322 g/mol. The van der Waals surface area contributed by atoms with Crippen molar-refractivity contribution in [2.24, 2.45) is 0 Å². The number of nitrogens with one attached hydrogen (secondary N) is 1. The van der Waals surface area contributed by atoms with Gasteiger partial charge in [-0.2, -0.15) is 0 Å². The smallest absolute Gasteiger partial charge is 0.237 e. The molecule has 6 heteroatoms. The molecule has 0 aromatic heterocycles. The second kappa shape index (κ2) is 6.74. The Hall–Kier alpha value is -1.85. The van der Waals surface area contributed by atoms with Crippen molar-refractivity contribution < 1.29 is 9.00 Å². The summed E-state index contributed by atoms with van der Waals surface area (Å²) in [7, 11) is -1.40. The largest absolute Gasteiger partial charge is 0.399 e. The molecule has 3 N–H and O–H groups in total. The van der Waals surface area contributed by atoms with Crippen LogP contribution in [-0.2, 0) is 15.6 Å². The highest BCUT2D eigenvalue weighted by Gasteiger charge is 2.13. The van der Waals surface area contributed by atoms with E-state index in [0.717, 1.165) is 5.56 Å². The summed E-state index contributed by atoms with van der Waals surface area (Å²) in [5.41, 5.74) is 7.45. The Morgan fingerprint density at radius 2 is 2.00 bits per heavy atom. The van der Waals surface area contributed by atoms with Gasteiger partial charge in [-0.05, 0) is 36.8 Å². The van der Waals surface area contributed by atoms with E-state index in [0.29, 0.717) is 21.3 Å².